The molecule has 1 atom stereocenters. The van der Waals surface area contributed by atoms with Crippen molar-refractivity contribution in [2.75, 3.05) is 6.54 Å². The average Bonchev–Trinajstić information content (AvgIpc) is 2.92. The van der Waals surface area contributed by atoms with Crippen molar-refractivity contribution in [1.82, 2.24) is 10.6 Å². The number of carbonyl (C=O) groups excluding carboxylic acids is 2. The lowest BCUT2D eigenvalue weighted by molar-refractivity contribution is -0.121. The van der Waals surface area contributed by atoms with Crippen molar-refractivity contribution < 1.29 is 14.0 Å². The Labute approximate surface area is 148 Å². The van der Waals surface area contributed by atoms with E-state index in [4.69, 9.17) is 4.42 Å². The maximum absolute atomic E-state index is 12.0. The molecule has 0 saturated carbocycles. The first-order valence-corrected chi connectivity index (χ1v) is 8.64. The summed E-state index contributed by atoms with van der Waals surface area (Å²) in [5.74, 6) is 1.03. The maximum atomic E-state index is 12.0. The van der Waals surface area contributed by atoms with Crippen LogP contribution in [0.25, 0.3) is 0 Å². The normalized spacial score (nSPS) is 11.8. The van der Waals surface area contributed by atoms with E-state index in [0.717, 1.165) is 12.8 Å². The second kappa shape index (κ2) is 9.06. The van der Waals surface area contributed by atoms with Gasteiger partial charge in [0.05, 0.1) is 5.56 Å². The summed E-state index contributed by atoms with van der Waals surface area (Å²) in [7, 11) is 0. The van der Waals surface area contributed by atoms with Gasteiger partial charge in [-0.15, -0.1) is 0 Å². The zero-order valence-electron chi connectivity index (χ0n) is 15.1. The summed E-state index contributed by atoms with van der Waals surface area (Å²) in [6, 6.07) is 12.0. The molecule has 2 N–H and O–H groups in total. The summed E-state index contributed by atoms with van der Waals surface area (Å²) in [6.07, 6.45) is 2.07. The van der Waals surface area contributed by atoms with E-state index in [1.807, 2.05) is 25.1 Å². The summed E-state index contributed by atoms with van der Waals surface area (Å²) in [5.41, 5.74) is 1.79. The van der Waals surface area contributed by atoms with E-state index >= 15 is 0 Å². The van der Waals surface area contributed by atoms with Gasteiger partial charge in [-0.2, -0.15) is 0 Å². The Morgan fingerprint density at radius 1 is 1.16 bits per heavy atom. The molecule has 0 radical (unpaired) electrons. The van der Waals surface area contributed by atoms with Gasteiger partial charge in [-0.1, -0.05) is 30.3 Å². The molecule has 2 rings (SSSR count). The highest BCUT2D eigenvalue weighted by molar-refractivity contribution is 5.95. The molecule has 0 bridgehead atoms. The monoisotopic (exact) mass is 342 g/mol. The fraction of sp³-hybridized carbons (Fsp3) is 0.400. The van der Waals surface area contributed by atoms with E-state index < -0.39 is 0 Å². The molecule has 0 aliphatic heterocycles. The lowest BCUT2D eigenvalue weighted by atomic mass is 10.1. The number of rotatable bonds is 8. The van der Waals surface area contributed by atoms with Crippen molar-refractivity contribution in [2.24, 2.45) is 0 Å². The van der Waals surface area contributed by atoms with E-state index in [1.165, 1.54) is 5.56 Å². The van der Waals surface area contributed by atoms with Crippen LogP contribution in [0.3, 0.4) is 0 Å². The van der Waals surface area contributed by atoms with Crippen LogP contribution in [0.1, 0.15) is 47.2 Å². The molecule has 0 saturated heterocycles. The first-order chi connectivity index (χ1) is 12.0. The molecule has 5 nitrogen and oxygen atoms in total. The molecule has 2 aromatic rings. The fourth-order valence-electron chi connectivity index (χ4n) is 2.69. The van der Waals surface area contributed by atoms with E-state index in [1.54, 1.807) is 19.9 Å². The molecule has 1 aromatic carbocycles. The van der Waals surface area contributed by atoms with Crippen LogP contribution in [0, 0.1) is 13.8 Å². The van der Waals surface area contributed by atoms with Gasteiger partial charge in [0, 0.05) is 19.0 Å². The molecular weight excluding hydrogens is 316 g/mol. The lowest BCUT2D eigenvalue weighted by Crippen LogP contribution is -2.35. The van der Waals surface area contributed by atoms with Crippen LogP contribution >= 0.6 is 0 Å². The summed E-state index contributed by atoms with van der Waals surface area (Å²) in [4.78, 5) is 24.0. The molecule has 1 heterocycles. The Bertz CT molecular complexity index is 707. The molecule has 1 aromatic heterocycles. The number of nitrogens with one attached hydrogen (secondary N) is 2. The van der Waals surface area contributed by atoms with Crippen molar-refractivity contribution in [3.63, 3.8) is 0 Å². The minimum absolute atomic E-state index is 0.0547. The Balaban J connectivity index is 1.66. The number of amides is 2. The molecule has 0 aliphatic rings. The molecule has 0 fully saturated rings. The molecule has 134 valence electrons. The quantitative estimate of drug-likeness (QED) is 0.774. The van der Waals surface area contributed by atoms with Gasteiger partial charge in [-0.3, -0.25) is 9.59 Å². The van der Waals surface area contributed by atoms with E-state index in [-0.39, 0.29) is 24.3 Å². The van der Waals surface area contributed by atoms with Gasteiger partial charge in [0.2, 0.25) is 5.91 Å². The van der Waals surface area contributed by atoms with Gasteiger partial charge in [-0.25, -0.2) is 0 Å². The second-order valence-electron chi connectivity index (χ2n) is 6.33. The van der Waals surface area contributed by atoms with Crippen molar-refractivity contribution in [3.05, 3.63) is 59.0 Å². The Kier molecular flexibility index (Phi) is 6.81. The van der Waals surface area contributed by atoms with E-state index in [2.05, 4.69) is 22.8 Å². The van der Waals surface area contributed by atoms with Crippen molar-refractivity contribution in [1.29, 1.82) is 0 Å². The lowest BCUT2D eigenvalue weighted by Gasteiger charge is -2.14. The minimum Gasteiger partial charge on any atom is -0.466 e. The zero-order chi connectivity index (χ0) is 18.2. The van der Waals surface area contributed by atoms with Crippen molar-refractivity contribution in [2.45, 2.75) is 46.1 Å². The topological polar surface area (TPSA) is 71.3 Å². The van der Waals surface area contributed by atoms with Crippen LogP contribution in [-0.2, 0) is 11.2 Å². The average molecular weight is 342 g/mol. The van der Waals surface area contributed by atoms with Crippen LogP contribution in [0.5, 0.6) is 0 Å². The summed E-state index contributed by atoms with van der Waals surface area (Å²) < 4.78 is 5.34. The standard InChI is InChI=1S/C20H26N2O3/c1-14(9-10-17-7-5-4-6-8-17)22-19(23)11-12-21-20(24)18-13-15(2)25-16(18)3/h4-8,13-14H,9-12H2,1-3H3,(H,21,24)(H,22,23)/t14-/m1/s1. The van der Waals surface area contributed by atoms with Gasteiger partial charge < -0.3 is 15.1 Å². The first kappa shape index (κ1) is 18.8. The van der Waals surface area contributed by atoms with Gasteiger partial charge >= 0.3 is 0 Å². The minimum atomic E-state index is -0.209. The summed E-state index contributed by atoms with van der Waals surface area (Å²) in [5, 5.41) is 5.73. The van der Waals surface area contributed by atoms with Crippen LogP contribution in [-0.4, -0.2) is 24.4 Å². The van der Waals surface area contributed by atoms with Crippen LogP contribution in [0.4, 0.5) is 0 Å². The van der Waals surface area contributed by atoms with Crippen LogP contribution in [0.2, 0.25) is 0 Å². The predicted octanol–water partition coefficient (Wildman–Crippen LogP) is 3.15. The number of hydrogen-bond donors (Lipinski definition) is 2. The Hall–Kier alpha value is -2.56. The largest absolute Gasteiger partial charge is 0.466 e. The number of aryl methyl sites for hydroxylation is 3. The van der Waals surface area contributed by atoms with Gasteiger partial charge in [0.1, 0.15) is 11.5 Å². The number of carbonyl (C=O) groups is 2. The first-order valence-electron chi connectivity index (χ1n) is 8.64. The highest BCUT2D eigenvalue weighted by atomic mass is 16.3. The third kappa shape index (κ3) is 6.10. The third-order valence-electron chi connectivity index (χ3n) is 4.04. The molecular formula is C20H26N2O3. The predicted molar refractivity (Wildman–Crippen MR) is 97.5 cm³/mol. The smallest absolute Gasteiger partial charge is 0.254 e. The zero-order valence-corrected chi connectivity index (χ0v) is 15.1. The van der Waals surface area contributed by atoms with Crippen LogP contribution < -0.4 is 10.6 Å². The molecule has 2 amide bonds. The van der Waals surface area contributed by atoms with Crippen molar-refractivity contribution >= 4 is 11.8 Å². The maximum Gasteiger partial charge on any atom is 0.254 e. The summed E-state index contributed by atoms with van der Waals surface area (Å²) in [6.45, 7) is 5.86. The molecule has 0 unspecified atom stereocenters. The van der Waals surface area contributed by atoms with Crippen LogP contribution in [0.15, 0.2) is 40.8 Å². The highest BCUT2D eigenvalue weighted by Crippen LogP contribution is 2.13. The molecule has 0 aliphatic carbocycles. The second-order valence-corrected chi connectivity index (χ2v) is 6.33. The Morgan fingerprint density at radius 2 is 1.88 bits per heavy atom. The molecule has 5 heteroatoms. The summed E-state index contributed by atoms with van der Waals surface area (Å²) >= 11 is 0. The number of benzene rings is 1. The SMILES string of the molecule is Cc1cc(C(=O)NCCC(=O)N[C@H](C)CCc2ccccc2)c(C)o1. The van der Waals surface area contributed by atoms with E-state index in [9.17, 15) is 9.59 Å². The highest BCUT2D eigenvalue weighted by Gasteiger charge is 2.14. The molecule has 0 spiro atoms. The third-order valence-corrected chi connectivity index (χ3v) is 4.04. The number of hydrogen-bond acceptors (Lipinski definition) is 3. The van der Waals surface area contributed by atoms with Gasteiger partial charge in [0.15, 0.2) is 0 Å². The Morgan fingerprint density at radius 3 is 2.52 bits per heavy atom. The van der Waals surface area contributed by atoms with E-state index in [0.29, 0.717) is 23.6 Å². The number of furan rings is 1. The molecule has 25 heavy (non-hydrogen) atoms. The van der Waals surface area contributed by atoms with Gasteiger partial charge in [0.25, 0.3) is 5.91 Å². The van der Waals surface area contributed by atoms with Crippen molar-refractivity contribution in [3.8, 4) is 0 Å². The fourth-order valence-corrected chi connectivity index (χ4v) is 2.69. The van der Waals surface area contributed by atoms with Gasteiger partial charge in [-0.05, 0) is 45.2 Å².